The van der Waals surface area contributed by atoms with E-state index >= 15 is 0 Å². The van der Waals surface area contributed by atoms with Crippen LogP contribution in [0.25, 0.3) is 0 Å². The lowest BCUT2D eigenvalue weighted by Crippen LogP contribution is -2.58. The number of hydrogen-bond acceptors (Lipinski definition) is 3. The Morgan fingerprint density at radius 2 is 2.18 bits per heavy atom. The third-order valence-electron chi connectivity index (χ3n) is 4.25. The van der Waals surface area contributed by atoms with E-state index in [1.54, 1.807) is 0 Å². The van der Waals surface area contributed by atoms with Crippen LogP contribution >= 0.6 is 0 Å². The van der Waals surface area contributed by atoms with Crippen LogP contribution in [-0.4, -0.2) is 30.7 Å². The molecule has 4 nitrogen and oxygen atoms in total. The van der Waals surface area contributed by atoms with Gasteiger partial charge in [-0.15, -0.1) is 0 Å². The van der Waals surface area contributed by atoms with Gasteiger partial charge in [-0.25, -0.2) is 0 Å². The van der Waals surface area contributed by atoms with Gasteiger partial charge in [-0.3, -0.25) is 4.79 Å². The lowest BCUT2D eigenvalue weighted by atomic mass is 9.79. The fourth-order valence-corrected chi connectivity index (χ4v) is 2.95. The molecule has 1 aliphatic carbocycles. The van der Waals surface area contributed by atoms with Crippen molar-refractivity contribution >= 4 is 5.91 Å². The molecule has 0 bridgehead atoms. The summed E-state index contributed by atoms with van der Waals surface area (Å²) >= 11 is 0. The molecule has 2 aliphatic rings. The fraction of sp³-hybridized carbons (Fsp3) is 0.923. The maximum atomic E-state index is 12.1. The van der Waals surface area contributed by atoms with E-state index in [4.69, 9.17) is 10.5 Å². The summed E-state index contributed by atoms with van der Waals surface area (Å²) in [6.07, 6.45) is 4.10. The van der Waals surface area contributed by atoms with Crippen molar-refractivity contribution < 1.29 is 9.53 Å². The molecule has 1 amide bonds. The summed E-state index contributed by atoms with van der Waals surface area (Å²) in [7, 11) is 0. The average Bonchev–Trinajstić information content (AvgIpc) is 2.71. The summed E-state index contributed by atoms with van der Waals surface area (Å²) in [5.41, 5.74) is 5.27. The Hall–Kier alpha value is -0.610. The minimum Gasteiger partial charge on any atom is -0.379 e. The molecule has 0 radical (unpaired) electrons. The van der Waals surface area contributed by atoms with Gasteiger partial charge in [0.25, 0.3) is 0 Å². The predicted molar refractivity (Wildman–Crippen MR) is 66.5 cm³/mol. The zero-order valence-electron chi connectivity index (χ0n) is 10.9. The van der Waals surface area contributed by atoms with Gasteiger partial charge in [-0.05, 0) is 37.5 Å². The number of hydrogen-bond donors (Lipinski definition) is 2. The topological polar surface area (TPSA) is 64.4 Å². The van der Waals surface area contributed by atoms with Crippen LogP contribution in [0.1, 0.15) is 39.5 Å². The van der Waals surface area contributed by atoms with Gasteiger partial charge in [0.05, 0.1) is 6.61 Å². The van der Waals surface area contributed by atoms with E-state index in [0.717, 1.165) is 12.3 Å². The molecule has 4 atom stereocenters. The van der Waals surface area contributed by atoms with Gasteiger partial charge in [-0.1, -0.05) is 13.8 Å². The Bertz CT molecular complexity index is 287. The first-order valence-electron chi connectivity index (χ1n) is 6.69. The molecule has 0 aromatic heterocycles. The van der Waals surface area contributed by atoms with E-state index in [2.05, 4.69) is 19.2 Å². The molecule has 0 spiro atoms. The predicted octanol–water partition coefficient (Wildman–Crippen LogP) is 1.05. The quantitative estimate of drug-likeness (QED) is 0.758. The van der Waals surface area contributed by atoms with Crippen molar-refractivity contribution in [3.8, 4) is 0 Å². The van der Waals surface area contributed by atoms with Gasteiger partial charge < -0.3 is 15.8 Å². The average molecular weight is 240 g/mol. The van der Waals surface area contributed by atoms with E-state index in [1.807, 2.05) is 0 Å². The number of carbonyl (C=O) groups is 1. The van der Waals surface area contributed by atoms with E-state index in [-0.39, 0.29) is 5.91 Å². The van der Waals surface area contributed by atoms with E-state index in [0.29, 0.717) is 31.6 Å². The third kappa shape index (κ3) is 2.80. The smallest absolute Gasteiger partial charge is 0.242 e. The minimum atomic E-state index is -0.789. The van der Waals surface area contributed by atoms with Crippen LogP contribution in [0.2, 0.25) is 0 Å². The molecular weight excluding hydrogens is 216 g/mol. The molecule has 1 saturated heterocycles. The van der Waals surface area contributed by atoms with Crippen LogP contribution in [0.5, 0.6) is 0 Å². The summed E-state index contributed by atoms with van der Waals surface area (Å²) in [6, 6.07) is 0.291. The molecule has 4 unspecified atom stereocenters. The fourth-order valence-electron chi connectivity index (χ4n) is 2.95. The van der Waals surface area contributed by atoms with E-state index in [1.165, 1.54) is 12.8 Å². The maximum Gasteiger partial charge on any atom is 0.242 e. The highest BCUT2D eigenvalue weighted by Gasteiger charge is 2.40. The second-order valence-corrected chi connectivity index (χ2v) is 5.93. The summed E-state index contributed by atoms with van der Waals surface area (Å²) in [4.78, 5) is 12.1. The van der Waals surface area contributed by atoms with Crippen LogP contribution in [0, 0.1) is 11.8 Å². The molecule has 4 heteroatoms. The van der Waals surface area contributed by atoms with Gasteiger partial charge in [0.15, 0.2) is 0 Å². The first kappa shape index (κ1) is 12.8. The van der Waals surface area contributed by atoms with Crippen molar-refractivity contribution in [3.05, 3.63) is 0 Å². The zero-order valence-corrected chi connectivity index (χ0v) is 10.9. The lowest BCUT2D eigenvalue weighted by Gasteiger charge is -2.35. The highest BCUT2D eigenvalue weighted by molar-refractivity contribution is 5.86. The third-order valence-corrected chi connectivity index (χ3v) is 4.25. The number of amides is 1. The van der Waals surface area contributed by atoms with Gasteiger partial charge >= 0.3 is 0 Å². The minimum absolute atomic E-state index is 0.0265. The summed E-state index contributed by atoms with van der Waals surface area (Å²) in [6.45, 7) is 5.45. The monoisotopic (exact) mass is 240 g/mol. The summed E-state index contributed by atoms with van der Waals surface area (Å²) in [5, 5.41) is 3.13. The Kier molecular flexibility index (Phi) is 3.73. The molecule has 2 fully saturated rings. The largest absolute Gasteiger partial charge is 0.379 e. The van der Waals surface area contributed by atoms with Crippen molar-refractivity contribution in [2.75, 3.05) is 13.2 Å². The van der Waals surface area contributed by atoms with Crippen molar-refractivity contribution in [3.63, 3.8) is 0 Å². The van der Waals surface area contributed by atoms with Crippen LogP contribution in [-0.2, 0) is 9.53 Å². The number of nitrogens with two attached hydrogens (primary N) is 1. The van der Waals surface area contributed by atoms with Crippen LogP contribution in [0.15, 0.2) is 0 Å². The number of nitrogens with one attached hydrogen (secondary N) is 1. The Morgan fingerprint density at radius 3 is 2.76 bits per heavy atom. The van der Waals surface area contributed by atoms with Gasteiger partial charge in [0, 0.05) is 12.6 Å². The van der Waals surface area contributed by atoms with Gasteiger partial charge in [-0.2, -0.15) is 0 Å². The zero-order chi connectivity index (χ0) is 12.5. The number of carbonyl (C=O) groups excluding carboxylic acids is 1. The summed E-state index contributed by atoms with van der Waals surface area (Å²) in [5.74, 6) is 1.30. The van der Waals surface area contributed by atoms with Crippen molar-refractivity contribution in [2.24, 2.45) is 17.6 Å². The molecular formula is C13H24N2O2. The number of ether oxygens (including phenoxy) is 1. The molecule has 2 rings (SSSR count). The second kappa shape index (κ2) is 4.94. The molecule has 1 saturated carbocycles. The Morgan fingerprint density at radius 1 is 1.41 bits per heavy atom. The van der Waals surface area contributed by atoms with Crippen LogP contribution in [0.3, 0.4) is 0 Å². The van der Waals surface area contributed by atoms with Gasteiger partial charge in [0.2, 0.25) is 5.91 Å². The van der Waals surface area contributed by atoms with Gasteiger partial charge in [0.1, 0.15) is 5.54 Å². The molecule has 17 heavy (non-hydrogen) atoms. The molecule has 3 N–H and O–H groups in total. The molecule has 1 heterocycles. The van der Waals surface area contributed by atoms with E-state index < -0.39 is 5.54 Å². The highest BCUT2D eigenvalue weighted by Crippen LogP contribution is 2.29. The highest BCUT2D eigenvalue weighted by atomic mass is 16.5. The van der Waals surface area contributed by atoms with Crippen LogP contribution < -0.4 is 11.1 Å². The molecule has 0 aromatic carbocycles. The van der Waals surface area contributed by atoms with Crippen molar-refractivity contribution in [1.29, 1.82) is 0 Å². The normalized spacial score (nSPS) is 42.4. The standard InChI is InChI=1S/C13H24N2O2/c1-9-3-4-11(10(2)7-9)15-12(16)13(14)5-6-17-8-13/h9-11H,3-8,14H2,1-2H3,(H,15,16). The SMILES string of the molecule is CC1CCC(NC(=O)C2(N)CCOC2)C(C)C1. The summed E-state index contributed by atoms with van der Waals surface area (Å²) < 4.78 is 5.23. The molecule has 0 aromatic rings. The Balaban J connectivity index is 1.90. The molecule has 1 aliphatic heterocycles. The van der Waals surface area contributed by atoms with Crippen LogP contribution in [0.4, 0.5) is 0 Å². The lowest BCUT2D eigenvalue weighted by molar-refractivity contribution is -0.127. The van der Waals surface area contributed by atoms with Crippen molar-refractivity contribution in [2.45, 2.75) is 51.1 Å². The van der Waals surface area contributed by atoms with Crippen molar-refractivity contribution in [1.82, 2.24) is 5.32 Å². The molecule has 98 valence electrons. The first-order valence-corrected chi connectivity index (χ1v) is 6.69. The maximum absolute atomic E-state index is 12.1. The Labute approximate surface area is 103 Å². The second-order valence-electron chi connectivity index (χ2n) is 5.93. The first-order chi connectivity index (χ1) is 8.01. The number of rotatable bonds is 2. The van der Waals surface area contributed by atoms with E-state index in [9.17, 15) is 4.79 Å².